The molecule has 1 aliphatic heterocycles. The van der Waals surface area contributed by atoms with Crippen LogP contribution in [0.25, 0.3) is 78.1 Å². The average molecular weight is 731 g/mol. The minimum absolute atomic E-state index is 0.702. The summed E-state index contributed by atoms with van der Waals surface area (Å²) in [5, 5.41) is 2.50. The number of nitrogens with zero attached hydrogens (tertiary/aromatic N) is 4. The van der Waals surface area contributed by atoms with Crippen molar-refractivity contribution in [3.63, 3.8) is 0 Å². The van der Waals surface area contributed by atoms with Gasteiger partial charge in [0.05, 0.1) is 22.4 Å². The molecule has 0 aliphatic carbocycles. The van der Waals surface area contributed by atoms with Crippen molar-refractivity contribution in [1.82, 2.24) is 14.5 Å². The number of hydrogen-bond donors (Lipinski definition) is 0. The van der Waals surface area contributed by atoms with Crippen LogP contribution < -0.4 is 4.90 Å². The minimum Gasteiger partial charge on any atom is -0.337 e. The van der Waals surface area contributed by atoms with Crippen molar-refractivity contribution < 1.29 is 0 Å². The lowest BCUT2D eigenvalue weighted by Gasteiger charge is -2.27. The van der Waals surface area contributed by atoms with E-state index in [1.165, 1.54) is 21.8 Å². The van der Waals surface area contributed by atoms with E-state index in [0.717, 1.165) is 67.4 Å². The molecule has 0 saturated heterocycles. The number of anilines is 2. The van der Waals surface area contributed by atoms with Gasteiger partial charge in [-0.05, 0) is 71.3 Å². The molecular weight excluding hydrogens is 693 g/mol. The SMILES string of the molecule is C=C1/C=C\C=C/CN(c2cccc(-n3c4ccccc4c4ccccc43)c2)c2ccc(-c3cccc(-c4cc(-c5ccccc5)nc(-c5ccccc5)n4)c3)cc21. The molecule has 0 unspecified atom stereocenters. The van der Waals surface area contributed by atoms with Gasteiger partial charge in [0, 0.05) is 56.6 Å². The molecule has 0 fully saturated rings. The van der Waals surface area contributed by atoms with Gasteiger partial charge in [0.15, 0.2) is 5.82 Å². The van der Waals surface area contributed by atoms with Crippen LogP contribution in [0.15, 0.2) is 213 Å². The average Bonchev–Trinajstić information content (AvgIpc) is 3.65. The first-order valence-corrected chi connectivity index (χ1v) is 19.3. The third-order valence-corrected chi connectivity index (χ3v) is 10.8. The summed E-state index contributed by atoms with van der Waals surface area (Å²) in [6.07, 6.45) is 8.50. The number of benzene rings is 7. The van der Waals surface area contributed by atoms with Gasteiger partial charge in [-0.2, -0.15) is 0 Å². The van der Waals surface area contributed by atoms with Crippen molar-refractivity contribution in [1.29, 1.82) is 0 Å². The highest BCUT2D eigenvalue weighted by Crippen LogP contribution is 2.39. The van der Waals surface area contributed by atoms with Crippen molar-refractivity contribution >= 4 is 38.8 Å². The molecule has 4 nitrogen and oxygen atoms in total. The van der Waals surface area contributed by atoms with Crippen LogP contribution in [0.1, 0.15) is 5.56 Å². The molecule has 10 rings (SSSR count). The van der Waals surface area contributed by atoms with Gasteiger partial charge in [0.25, 0.3) is 0 Å². The van der Waals surface area contributed by atoms with E-state index in [2.05, 4.69) is 186 Å². The Bertz CT molecular complexity index is 2900. The second kappa shape index (κ2) is 14.6. The number of rotatable bonds is 6. The van der Waals surface area contributed by atoms with Gasteiger partial charge in [-0.25, -0.2) is 9.97 Å². The van der Waals surface area contributed by atoms with Crippen LogP contribution in [0, 0.1) is 0 Å². The number of allylic oxidation sites excluding steroid dienone is 4. The van der Waals surface area contributed by atoms with Crippen LogP contribution >= 0.6 is 0 Å². The summed E-state index contributed by atoms with van der Waals surface area (Å²) < 4.78 is 2.38. The Hall–Kier alpha value is -7.56. The van der Waals surface area contributed by atoms with Crippen molar-refractivity contribution in [2.45, 2.75) is 0 Å². The molecule has 1 aliphatic rings. The summed E-state index contributed by atoms with van der Waals surface area (Å²) in [6.45, 7) is 5.27. The first kappa shape index (κ1) is 34.0. The maximum absolute atomic E-state index is 5.10. The molecule has 0 atom stereocenters. The molecular formula is C53H38N4. The predicted octanol–water partition coefficient (Wildman–Crippen LogP) is 13.5. The predicted molar refractivity (Wildman–Crippen MR) is 239 cm³/mol. The number of para-hydroxylation sites is 2. The normalized spacial score (nSPS) is 13.8. The molecule has 4 heteroatoms. The molecule has 2 aromatic heterocycles. The Balaban J connectivity index is 1.06. The summed E-state index contributed by atoms with van der Waals surface area (Å²) in [4.78, 5) is 12.5. The fourth-order valence-electron chi connectivity index (χ4n) is 7.98. The van der Waals surface area contributed by atoms with Crippen molar-refractivity contribution in [2.24, 2.45) is 0 Å². The quantitative estimate of drug-likeness (QED) is 0.171. The van der Waals surface area contributed by atoms with Crippen LogP contribution in [0.5, 0.6) is 0 Å². The van der Waals surface area contributed by atoms with Crippen LogP contribution in [0.3, 0.4) is 0 Å². The lowest BCUT2D eigenvalue weighted by Crippen LogP contribution is -2.18. The maximum Gasteiger partial charge on any atom is 0.160 e. The molecule has 3 heterocycles. The third kappa shape index (κ3) is 6.43. The molecule has 0 N–H and O–H groups in total. The van der Waals surface area contributed by atoms with Crippen LogP contribution in [-0.2, 0) is 0 Å². The Morgan fingerprint density at radius 3 is 1.81 bits per heavy atom. The lowest BCUT2D eigenvalue weighted by molar-refractivity contribution is 1.08. The molecule has 9 aromatic rings. The highest BCUT2D eigenvalue weighted by Gasteiger charge is 2.19. The van der Waals surface area contributed by atoms with Crippen molar-refractivity contribution in [3.05, 3.63) is 218 Å². The second-order valence-electron chi connectivity index (χ2n) is 14.3. The van der Waals surface area contributed by atoms with E-state index >= 15 is 0 Å². The number of fused-ring (bicyclic) bond motifs is 4. The van der Waals surface area contributed by atoms with E-state index in [-0.39, 0.29) is 0 Å². The van der Waals surface area contributed by atoms with Gasteiger partial charge in [-0.1, -0.05) is 158 Å². The first-order valence-electron chi connectivity index (χ1n) is 19.3. The van der Waals surface area contributed by atoms with E-state index in [0.29, 0.717) is 12.4 Å². The van der Waals surface area contributed by atoms with Crippen molar-refractivity contribution in [2.75, 3.05) is 11.4 Å². The highest BCUT2D eigenvalue weighted by atomic mass is 15.1. The summed E-state index contributed by atoms with van der Waals surface area (Å²) in [6, 6.07) is 64.2. The van der Waals surface area contributed by atoms with E-state index in [1.807, 2.05) is 36.4 Å². The van der Waals surface area contributed by atoms with E-state index in [4.69, 9.17) is 9.97 Å². The molecule has 0 amide bonds. The fourth-order valence-corrected chi connectivity index (χ4v) is 7.98. The molecule has 0 spiro atoms. The Morgan fingerprint density at radius 2 is 1.05 bits per heavy atom. The minimum atomic E-state index is 0.702. The summed E-state index contributed by atoms with van der Waals surface area (Å²) in [5.74, 6) is 0.702. The molecule has 57 heavy (non-hydrogen) atoms. The van der Waals surface area contributed by atoms with Crippen LogP contribution in [0.4, 0.5) is 11.4 Å². The molecule has 7 aromatic carbocycles. The second-order valence-corrected chi connectivity index (χ2v) is 14.3. The first-order chi connectivity index (χ1) is 28.2. The molecule has 270 valence electrons. The molecule has 0 radical (unpaired) electrons. The van der Waals surface area contributed by atoms with E-state index < -0.39 is 0 Å². The monoisotopic (exact) mass is 730 g/mol. The smallest absolute Gasteiger partial charge is 0.160 e. The summed E-state index contributed by atoms with van der Waals surface area (Å²) in [7, 11) is 0. The highest BCUT2D eigenvalue weighted by molar-refractivity contribution is 6.09. The Morgan fingerprint density at radius 1 is 0.456 bits per heavy atom. The van der Waals surface area contributed by atoms with E-state index in [9.17, 15) is 0 Å². The Kier molecular flexibility index (Phi) is 8.69. The standard InChI is InChI=1S/C53H38N4/c1-37-17-5-4-14-32-56(43-24-16-25-44(35-43)57-51-28-12-10-26-45(51)46-27-11-13-29-52(46)57)50-31-30-41(34-47(37)50)40-22-15-23-42(33-40)49-36-48(38-18-6-2-7-19-38)54-53(55-49)39-20-8-3-9-21-39/h2-31,33-36H,1,32H2/b14-4-,17-5-. The van der Waals surface area contributed by atoms with Gasteiger partial charge in [-0.3, -0.25) is 0 Å². The summed E-state index contributed by atoms with van der Waals surface area (Å²) >= 11 is 0. The van der Waals surface area contributed by atoms with Crippen LogP contribution in [0.2, 0.25) is 0 Å². The van der Waals surface area contributed by atoms with Crippen LogP contribution in [-0.4, -0.2) is 21.1 Å². The van der Waals surface area contributed by atoms with Crippen molar-refractivity contribution in [3.8, 4) is 50.7 Å². The molecule has 0 saturated carbocycles. The van der Waals surface area contributed by atoms with E-state index in [1.54, 1.807) is 0 Å². The Labute approximate surface area is 332 Å². The number of hydrogen-bond acceptors (Lipinski definition) is 3. The fraction of sp³-hybridized carbons (Fsp3) is 0.0189. The largest absolute Gasteiger partial charge is 0.337 e. The number of aromatic nitrogens is 3. The van der Waals surface area contributed by atoms with Gasteiger partial charge in [0.2, 0.25) is 0 Å². The zero-order valence-electron chi connectivity index (χ0n) is 31.3. The molecule has 0 bridgehead atoms. The zero-order chi connectivity index (χ0) is 38.1. The van der Waals surface area contributed by atoms with Gasteiger partial charge in [-0.15, -0.1) is 0 Å². The third-order valence-electron chi connectivity index (χ3n) is 10.8. The lowest BCUT2D eigenvalue weighted by atomic mass is 9.95. The van der Waals surface area contributed by atoms with Gasteiger partial charge in [0.1, 0.15) is 0 Å². The maximum atomic E-state index is 5.10. The summed E-state index contributed by atoms with van der Waals surface area (Å²) in [5.41, 5.74) is 14.8. The zero-order valence-corrected chi connectivity index (χ0v) is 31.3. The van der Waals surface area contributed by atoms with Gasteiger partial charge >= 0.3 is 0 Å². The topological polar surface area (TPSA) is 34.0 Å². The van der Waals surface area contributed by atoms with Gasteiger partial charge < -0.3 is 9.47 Å².